The van der Waals surface area contributed by atoms with Crippen LogP contribution in [0.1, 0.15) is 9.75 Å². The smallest absolute Gasteiger partial charge is 0.178 e. The van der Waals surface area contributed by atoms with E-state index in [1.807, 2.05) is 12.1 Å². The van der Waals surface area contributed by atoms with E-state index in [0.717, 1.165) is 17.6 Å². The van der Waals surface area contributed by atoms with Gasteiger partial charge in [0.1, 0.15) is 0 Å². The molecule has 21 heavy (non-hydrogen) atoms. The minimum absolute atomic E-state index is 0.695. The van der Waals surface area contributed by atoms with E-state index in [-0.39, 0.29) is 0 Å². The van der Waals surface area contributed by atoms with Gasteiger partial charge in [-0.25, -0.2) is 0 Å². The van der Waals surface area contributed by atoms with Gasteiger partial charge in [0.25, 0.3) is 0 Å². The second-order valence-electron chi connectivity index (χ2n) is 4.75. The number of fused-ring (bicyclic) bond motifs is 1. The summed E-state index contributed by atoms with van der Waals surface area (Å²) < 4.78 is 13.5. The van der Waals surface area contributed by atoms with Crippen molar-refractivity contribution in [1.29, 1.82) is 0 Å². The summed E-state index contributed by atoms with van der Waals surface area (Å²) in [6, 6.07) is 8.14. The van der Waals surface area contributed by atoms with Gasteiger partial charge in [-0.2, -0.15) is 0 Å². The molecule has 0 radical (unpaired) electrons. The summed E-state index contributed by atoms with van der Waals surface area (Å²) in [7, 11) is 3.27. The van der Waals surface area contributed by atoms with Gasteiger partial charge in [-0.3, -0.25) is 0 Å². The van der Waals surface area contributed by atoms with Gasteiger partial charge in [-0.05, 0) is 31.3 Å². The van der Waals surface area contributed by atoms with Crippen LogP contribution in [0.25, 0.3) is 11.0 Å². The summed E-state index contributed by atoms with van der Waals surface area (Å²) in [5.74, 6) is 1.40. The minimum atomic E-state index is 0.695. The number of methoxy groups -OCH3 is 2. The molecule has 0 aliphatic rings. The Kier molecular flexibility index (Phi) is 3.73. The van der Waals surface area contributed by atoms with Crippen LogP contribution < -0.4 is 9.47 Å². The maximum atomic E-state index is 5.45. The number of nitrogens with zero attached hydrogens (tertiary/aromatic N) is 1. The number of hydrogen-bond acceptors (Lipinski definition) is 4. The molecule has 0 aliphatic carbocycles. The molecule has 3 aromatic rings. The van der Waals surface area contributed by atoms with E-state index in [1.165, 1.54) is 9.75 Å². The van der Waals surface area contributed by atoms with E-state index >= 15 is 0 Å². The second kappa shape index (κ2) is 5.54. The van der Waals surface area contributed by atoms with Crippen LogP contribution in [0.15, 0.2) is 24.3 Å². The molecule has 0 saturated heterocycles. The van der Waals surface area contributed by atoms with E-state index in [1.54, 1.807) is 25.6 Å². The largest absolute Gasteiger partial charge is 0.493 e. The van der Waals surface area contributed by atoms with Crippen molar-refractivity contribution in [1.82, 2.24) is 9.55 Å². The molecule has 6 heteroatoms. The van der Waals surface area contributed by atoms with Crippen LogP contribution in [0.5, 0.6) is 11.5 Å². The van der Waals surface area contributed by atoms with Gasteiger partial charge in [-0.15, -0.1) is 11.3 Å². The highest BCUT2D eigenvalue weighted by atomic mass is 32.1. The number of aromatic amines is 1. The number of aryl methyl sites for hydroxylation is 1. The number of imidazole rings is 1. The fourth-order valence-electron chi connectivity index (χ4n) is 2.37. The molecule has 2 aromatic heterocycles. The molecule has 0 unspecified atom stereocenters. The summed E-state index contributed by atoms with van der Waals surface area (Å²) in [4.78, 5) is 5.81. The topological polar surface area (TPSA) is 39.2 Å². The Balaban J connectivity index is 2.13. The molecule has 0 saturated carbocycles. The highest BCUT2D eigenvalue weighted by Gasteiger charge is 2.12. The van der Waals surface area contributed by atoms with E-state index in [4.69, 9.17) is 21.7 Å². The minimum Gasteiger partial charge on any atom is -0.493 e. The summed E-state index contributed by atoms with van der Waals surface area (Å²) in [5.41, 5.74) is 1.97. The highest BCUT2D eigenvalue weighted by molar-refractivity contribution is 7.71. The molecule has 1 aromatic carbocycles. The van der Waals surface area contributed by atoms with Crippen LogP contribution in [-0.4, -0.2) is 23.8 Å². The third-order valence-electron chi connectivity index (χ3n) is 3.39. The van der Waals surface area contributed by atoms with E-state index in [0.29, 0.717) is 16.3 Å². The fourth-order valence-corrected chi connectivity index (χ4v) is 3.52. The Morgan fingerprint density at radius 2 is 1.90 bits per heavy atom. The van der Waals surface area contributed by atoms with Gasteiger partial charge in [0.05, 0.1) is 31.8 Å². The number of H-pyrrole nitrogens is 1. The van der Waals surface area contributed by atoms with Crippen molar-refractivity contribution in [2.75, 3.05) is 14.2 Å². The SMILES string of the molecule is COc1cc2[nH]c(=S)n(Cc3ccc(C)s3)c2cc1OC. The monoisotopic (exact) mass is 320 g/mol. The van der Waals surface area contributed by atoms with Crippen LogP contribution in [0.2, 0.25) is 0 Å². The summed E-state index contributed by atoms with van der Waals surface area (Å²) in [6.45, 7) is 2.86. The Morgan fingerprint density at radius 3 is 2.52 bits per heavy atom. The number of ether oxygens (including phenoxy) is 2. The van der Waals surface area contributed by atoms with Crippen LogP contribution >= 0.6 is 23.6 Å². The molecular formula is C15H16N2O2S2. The average Bonchev–Trinajstić information content (AvgIpc) is 3.02. The normalized spacial score (nSPS) is 11.0. The molecule has 2 heterocycles. The van der Waals surface area contributed by atoms with Crippen molar-refractivity contribution < 1.29 is 9.47 Å². The van der Waals surface area contributed by atoms with Crippen LogP contribution in [-0.2, 0) is 6.54 Å². The molecule has 4 nitrogen and oxygen atoms in total. The van der Waals surface area contributed by atoms with E-state index in [9.17, 15) is 0 Å². The van der Waals surface area contributed by atoms with Gasteiger partial charge < -0.3 is 19.0 Å². The first-order valence-corrected chi connectivity index (χ1v) is 7.74. The molecule has 110 valence electrons. The number of aromatic nitrogens is 2. The maximum absolute atomic E-state index is 5.45. The summed E-state index contributed by atoms with van der Waals surface area (Å²) >= 11 is 7.23. The Labute approximate surface area is 131 Å². The lowest BCUT2D eigenvalue weighted by atomic mass is 10.2. The molecule has 0 spiro atoms. The highest BCUT2D eigenvalue weighted by Crippen LogP contribution is 2.32. The zero-order valence-electron chi connectivity index (χ0n) is 12.1. The molecule has 0 atom stereocenters. The second-order valence-corrected chi connectivity index (χ2v) is 6.51. The number of rotatable bonds is 4. The van der Waals surface area contributed by atoms with Gasteiger partial charge in [0.15, 0.2) is 16.3 Å². The average molecular weight is 320 g/mol. The predicted octanol–water partition coefficient (Wildman–Crippen LogP) is 4.13. The summed E-state index contributed by atoms with van der Waals surface area (Å²) in [6.07, 6.45) is 0. The van der Waals surface area contributed by atoms with Crippen molar-refractivity contribution in [3.8, 4) is 11.5 Å². The third kappa shape index (κ3) is 2.56. The predicted molar refractivity (Wildman–Crippen MR) is 88.4 cm³/mol. The zero-order valence-corrected chi connectivity index (χ0v) is 13.7. The quantitative estimate of drug-likeness (QED) is 0.735. The van der Waals surface area contributed by atoms with Crippen molar-refractivity contribution >= 4 is 34.6 Å². The lowest BCUT2D eigenvalue weighted by Crippen LogP contribution is -1.98. The van der Waals surface area contributed by atoms with E-state index in [2.05, 4.69) is 28.6 Å². The molecule has 0 fully saturated rings. The van der Waals surface area contributed by atoms with Crippen LogP contribution in [0, 0.1) is 11.7 Å². The van der Waals surface area contributed by atoms with Gasteiger partial charge >= 0.3 is 0 Å². The first-order valence-electron chi connectivity index (χ1n) is 6.52. The Morgan fingerprint density at radius 1 is 1.19 bits per heavy atom. The number of benzene rings is 1. The first-order chi connectivity index (χ1) is 10.1. The van der Waals surface area contributed by atoms with Crippen molar-refractivity contribution in [3.05, 3.63) is 38.8 Å². The molecule has 0 bridgehead atoms. The lowest BCUT2D eigenvalue weighted by Gasteiger charge is -2.08. The Hall–Kier alpha value is -1.79. The standard InChI is InChI=1S/C15H16N2O2S2/c1-9-4-5-10(21-9)8-17-12-7-14(19-3)13(18-2)6-11(12)16-15(17)20/h4-7H,8H2,1-3H3,(H,16,20). The number of hydrogen-bond donors (Lipinski definition) is 1. The molecule has 0 amide bonds. The molecule has 0 aliphatic heterocycles. The van der Waals surface area contributed by atoms with Gasteiger partial charge in [-0.1, -0.05) is 0 Å². The maximum Gasteiger partial charge on any atom is 0.178 e. The summed E-state index contributed by atoms with van der Waals surface area (Å²) in [5, 5.41) is 0. The number of nitrogens with one attached hydrogen (secondary N) is 1. The van der Waals surface area contributed by atoms with Gasteiger partial charge in [0.2, 0.25) is 0 Å². The fraction of sp³-hybridized carbons (Fsp3) is 0.267. The van der Waals surface area contributed by atoms with Crippen molar-refractivity contribution in [3.63, 3.8) is 0 Å². The molecule has 1 N–H and O–H groups in total. The van der Waals surface area contributed by atoms with Crippen molar-refractivity contribution in [2.45, 2.75) is 13.5 Å². The van der Waals surface area contributed by atoms with Crippen LogP contribution in [0.4, 0.5) is 0 Å². The van der Waals surface area contributed by atoms with E-state index < -0.39 is 0 Å². The zero-order chi connectivity index (χ0) is 15.0. The number of thiophene rings is 1. The molecular weight excluding hydrogens is 304 g/mol. The first kappa shape index (κ1) is 14.2. The van der Waals surface area contributed by atoms with Crippen LogP contribution in [0.3, 0.4) is 0 Å². The Bertz CT molecular complexity index is 845. The lowest BCUT2D eigenvalue weighted by molar-refractivity contribution is 0.355. The van der Waals surface area contributed by atoms with Gasteiger partial charge in [0, 0.05) is 21.9 Å². The van der Waals surface area contributed by atoms with Crippen molar-refractivity contribution in [2.24, 2.45) is 0 Å². The third-order valence-corrected chi connectivity index (χ3v) is 4.70. The molecule has 3 rings (SSSR count).